The van der Waals surface area contributed by atoms with Gasteiger partial charge in [-0.05, 0) is 55.2 Å². The van der Waals surface area contributed by atoms with E-state index in [4.69, 9.17) is 0 Å². The van der Waals surface area contributed by atoms with Gasteiger partial charge in [-0.25, -0.2) is 0 Å². The third-order valence-corrected chi connectivity index (χ3v) is 6.92. The molecule has 0 bridgehead atoms. The largest absolute Gasteiger partial charge is 0.401 e. The first kappa shape index (κ1) is 24.6. The first-order chi connectivity index (χ1) is 17.3. The first-order valence-electron chi connectivity index (χ1n) is 12.1. The van der Waals surface area contributed by atoms with Gasteiger partial charge in [0.05, 0.1) is 42.9 Å². The van der Waals surface area contributed by atoms with Crippen molar-refractivity contribution < 1.29 is 17.6 Å². The van der Waals surface area contributed by atoms with Crippen LogP contribution in [0.15, 0.2) is 49.2 Å². The van der Waals surface area contributed by atoms with Gasteiger partial charge in [0, 0.05) is 31.4 Å². The van der Waals surface area contributed by atoms with E-state index in [1.165, 1.54) is 4.90 Å². The number of hydrogen-bond donors (Lipinski definition) is 1. The highest BCUT2D eigenvalue weighted by Crippen LogP contribution is 2.39. The zero-order chi connectivity index (χ0) is 25.3. The summed E-state index contributed by atoms with van der Waals surface area (Å²) in [6.07, 6.45) is 1.59. The topological polar surface area (TPSA) is 62.1 Å². The summed E-state index contributed by atoms with van der Waals surface area (Å²) in [6.45, 7) is 2.93. The summed E-state index contributed by atoms with van der Waals surface area (Å²) in [6, 6.07) is 8.75. The maximum atomic E-state index is 13.6. The highest BCUT2D eigenvalue weighted by molar-refractivity contribution is 5.48. The van der Waals surface area contributed by atoms with Crippen LogP contribution in [0.1, 0.15) is 36.2 Å². The number of benzene rings is 1. The maximum absolute atomic E-state index is 13.6. The maximum Gasteiger partial charge on any atom is 0.401 e. The van der Waals surface area contributed by atoms with Crippen LogP contribution in [-0.2, 0) is 6.42 Å². The Morgan fingerprint density at radius 1 is 1.08 bits per heavy atom. The van der Waals surface area contributed by atoms with Crippen molar-refractivity contribution in [3.8, 4) is 5.69 Å². The minimum atomic E-state index is -4.33. The second-order valence-corrected chi connectivity index (χ2v) is 9.61. The molecule has 2 aliphatic heterocycles. The molecule has 4 heterocycles. The lowest BCUT2D eigenvalue weighted by Crippen LogP contribution is -2.54. The molecule has 1 saturated heterocycles. The van der Waals surface area contributed by atoms with Crippen LogP contribution in [0.2, 0.25) is 0 Å². The molecule has 2 atom stereocenters. The average molecular weight is 504 g/mol. The SMILES string of the molecule is C[C@@H]1Cc2cc(-n3cnnc3)ccc2[C@H](c2ccc(NC3CN(CCCF)C3)cn2)N1CC(F)(F)F. The van der Waals surface area contributed by atoms with Crippen molar-refractivity contribution in [3.05, 3.63) is 66.0 Å². The highest BCUT2D eigenvalue weighted by atomic mass is 19.4. The van der Waals surface area contributed by atoms with Crippen LogP contribution in [-0.4, -0.2) is 80.7 Å². The smallest absolute Gasteiger partial charge is 0.378 e. The molecule has 2 aliphatic rings. The van der Waals surface area contributed by atoms with Crippen LogP contribution in [0.4, 0.5) is 23.2 Å². The molecule has 11 heteroatoms. The molecule has 0 spiro atoms. The van der Waals surface area contributed by atoms with Gasteiger partial charge in [0.15, 0.2) is 0 Å². The zero-order valence-electron chi connectivity index (χ0n) is 20.0. The Bertz CT molecular complexity index is 1140. The molecule has 5 rings (SSSR count). The number of rotatable bonds is 8. The molecule has 1 N–H and O–H groups in total. The second-order valence-electron chi connectivity index (χ2n) is 9.61. The molecule has 2 aromatic heterocycles. The third-order valence-electron chi connectivity index (χ3n) is 6.92. The lowest BCUT2D eigenvalue weighted by atomic mass is 9.86. The Labute approximate surface area is 207 Å². The van der Waals surface area contributed by atoms with Gasteiger partial charge in [-0.2, -0.15) is 13.2 Å². The van der Waals surface area contributed by atoms with E-state index >= 15 is 0 Å². The highest BCUT2D eigenvalue weighted by Gasteiger charge is 2.41. The summed E-state index contributed by atoms with van der Waals surface area (Å²) < 4.78 is 54.9. The van der Waals surface area contributed by atoms with Crippen LogP contribution < -0.4 is 5.32 Å². The normalized spacial score (nSPS) is 21.2. The number of fused-ring (bicyclic) bond motifs is 1. The van der Waals surface area contributed by atoms with Crippen molar-refractivity contribution >= 4 is 5.69 Å². The predicted molar refractivity (Wildman–Crippen MR) is 128 cm³/mol. The minimum absolute atomic E-state index is 0.255. The number of anilines is 1. The molecule has 0 unspecified atom stereocenters. The molecule has 0 saturated carbocycles. The number of halogens is 4. The Morgan fingerprint density at radius 2 is 1.86 bits per heavy atom. The number of pyridine rings is 1. The Balaban J connectivity index is 1.39. The van der Waals surface area contributed by atoms with E-state index in [-0.39, 0.29) is 18.8 Å². The van der Waals surface area contributed by atoms with Gasteiger partial charge >= 0.3 is 6.18 Å². The van der Waals surface area contributed by atoms with Gasteiger partial charge in [0.2, 0.25) is 0 Å². The number of aromatic nitrogens is 4. The molecule has 36 heavy (non-hydrogen) atoms. The van der Waals surface area contributed by atoms with Gasteiger partial charge in [0.25, 0.3) is 0 Å². The zero-order valence-corrected chi connectivity index (χ0v) is 20.0. The third kappa shape index (κ3) is 5.36. The Hall–Kier alpha value is -3.05. The molecule has 3 aromatic rings. The Kier molecular flexibility index (Phi) is 6.94. The monoisotopic (exact) mass is 503 g/mol. The molecule has 0 radical (unpaired) electrons. The van der Waals surface area contributed by atoms with E-state index in [2.05, 4.69) is 25.4 Å². The average Bonchev–Trinajstić information content (AvgIpc) is 3.35. The molecular weight excluding hydrogens is 474 g/mol. The van der Waals surface area contributed by atoms with Crippen molar-refractivity contribution in [2.45, 2.75) is 44.1 Å². The summed E-state index contributed by atoms with van der Waals surface area (Å²) >= 11 is 0. The fourth-order valence-corrected chi connectivity index (χ4v) is 5.20. The first-order valence-corrected chi connectivity index (χ1v) is 12.1. The van der Waals surface area contributed by atoms with Crippen molar-refractivity contribution in [3.63, 3.8) is 0 Å². The molecule has 0 amide bonds. The quantitative estimate of drug-likeness (QED) is 0.469. The van der Waals surface area contributed by atoms with E-state index in [0.29, 0.717) is 18.5 Å². The van der Waals surface area contributed by atoms with Gasteiger partial charge in [-0.3, -0.25) is 23.7 Å². The molecule has 1 aromatic carbocycles. The number of nitrogens with zero attached hydrogens (tertiary/aromatic N) is 6. The van der Waals surface area contributed by atoms with Gasteiger partial charge in [0.1, 0.15) is 12.7 Å². The standard InChI is InChI=1S/C25H29F4N7/c1-17-9-18-10-21(35-15-31-32-16-35)4-5-22(18)24(36(17)14-25(27,28)29)23-6-3-19(11-30-23)33-20-12-34(13-20)8-2-7-26/h3-6,10-11,15-17,20,24,33H,2,7-9,12-14H2,1H3/t17-,24-/m1/s1. The molecule has 1 fully saturated rings. The Morgan fingerprint density at radius 3 is 2.53 bits per heavy atom. The van der Waals surface area contributed by atoms with E-state index in [0.717, 1.165) is 42.1 Å². The molecule has 0 aliphatic carbocycles. The molecular formula is C25H29F4N7. The van der Waals surface area contributed by atoms with Crippen LogP contribution in [0, 0.1) is 0 Å². The molecule has 7 nitrogen and oxygen atoms in total. The van der Waals surface area contributed by atoms with Crippen LogP contribution >= 0.6 is 0 Å². The summed E-state index contributed by atoms with van der Waals surface area (Å²) in [5, 5.41) is 11.1. The second kappa shape index (κ2) is 10.1. The van der Waals surface area contributed by atoms with E-state index in [9.17, 15) is 17.6 Å². The summed E-state index contributed by atoms with van der Waals surface area (Å²) in [5.41, 5.74) is 4.08. The van der Waals surface area contributed by atoms with Crippen molar-refractivity contribution in [2.75, 3.05) is 38.2 Å². The van der Waals surface area contributed by atoms with E-state index in [1.54, 1.807) is 23.4 Å². The van der Waals surface area contributed by atoms with Crippen molar-refractivity contribution in [1.82, 2.24) is 29.5 Å². The number of nitrogens with one attached hydrogen (secondary N) is 1. The van der Waals surface area contributed by atoms with Crippen molar-refractivity contribution in [1.29, 1.82) is 0 Å². The van der Waals surface area contributed by atoms with Gasteiger partial charge < -0.3 is 5.32 Å². The lowest BCUT2D eigenvalue weighted by molar-refractivity contribution is -0.155. The number of likely N-dealkylation sites (tertiary alicyclic amines) is 1. The predicted octanol–water partition coefficient (Wildman–Crippen LogP) is 4.02. The lowest BCUT2D eigenvalue weighted by Gasteiger charge is -2.42. The fraction of sp³-hybridized carbons (Fsp3) is 0.480. The fourth-order valence-electron chi connectivity index (χ4n) is 5.20. The van der Waals surface area contributed by atoms with E-state index in [1.807, 2.05) is 37.3 Å². The number of alkyl halides is 4. The summed E-state index contributed by atoms with van der Waals surface area (Å²) in [4.78, 5) is 8.28. The summed E-state index contributed by atoms with van der Waals surface area (Å²) in [7, 11) is 0. The van der Waals surface area contributed by atoms with Crippen molar-refractivity contribution in [2.24, 2.45) is 0 Å². The molecule has 192 valence electrons. The van der Waals surface area contributed by atoms with Crippen LogP contribution in [0.25, 0.3) is 5.69 Å². The van der Waals surface area contributed by atoms with Gasteiger partial charge in [-0.15, -0.1) is 10.2 Å². The van der Waals surface area contributed by atoms with Crippen LogP contribution in [0.3, 0.4) is 0 Å². The minimum Gasteiger partial charge on any atom is -0.378 e. The number of hydrogen-bond acceptors (Lipinski definition) is 6. The summed E-state index contributed by atoms with van der Waals surface area (Å²) in [5.74, 6) is 0. The van der Waals surface area contributed by atoms with Gasteiger partial charge in [-0.1, -0.05) is 6.07 Å². The van der Waals surface area contributed by atoms with E-state index < -0.39 is 18.8 Å². The van der Waals surface area contributed by atoms with Crippen LogP contribution in [0.5, 0.6) is 0 Å².